The molecule has 0 bridgehead atoms. The van der Waals surface area contributed by atoms with Crippen molar-refractivity contribution in [3.63, 3.8) is 0 Å². The highest BCUT2D eigenvalue weighted by Crippen LogP contribution is 2.66. The van der Waals surface area contributed by atoms with Gasteiger partial charge in [0.05, 0.1) is 0 Å². The molecule has 22 heavy (non-hydrogen) atoms. The Balaban J connectivity index is 1.65. The molecule has 0 heterocycles. The maximum atomic E-state index is 11.9. The molecule has 0 aromatic rings. The maximum Gasteiger partial charge on any atom is 0.221 e. The molecule has 4 aliphatic rings. The standard InChI is InChI=1S/C20H31NO/c1-19-11-4-3-5-13(19)6-7-14-15-8-9-17(18(21)22)20(15,2)12-10-16(14)19/h3-4,13-17H,5-12H2,1-2H3,(H2,21,22)/t13-,14+,15+,16+,17-,19+,20+/m1/s1. The molecule has 2 nitrogen and oxygen atoms in total. The van der Waals surface area contributed by atoms with Crippen molar-refractivity contribution >= 4 is 5.91 Å². The van der Waals surface area contributed by atoms with Crippen LogP contribution in [0.15, 0.2) is 12.2 Å². The lowest BCUT2D eigenvalue weighted by molar-refractivity contribution is -0.132. The van der Waals surface area contributed by atoms with Crippen molar-refractivity contribution in [2.75, 3.05) is 0 Å². The van der Waals surface area contributed by atoms with E-state index >= 15 is 0 Å². The number of primary amides is 1. The second kappa shape index (κ2) is 4.85. The van der Waals surface area contributed by atoms with E-state index < -0.39 is 0 Å². The Labute approximate surface area is 134 Å². The Morgan fingerprint density at radius 1 is 1.00 bits per heavy atom. The molecule has 0 aromatic heterocycles. The van der Waals surface area contributed by atoms with Crippen LogP contribution < -0.4 is 5.73 Å². The quantitative estimate of drug-likeness (QED) is 0.721. The van der Waals surface area contributed by atoms with E-state index in [0.29, 0.717) is 5.41 Å². The highest BCUT2D eigenvalue weighted by molar-refractivity contribution is 5.78. The Bertz CT molecular complexity index is 512. The number of fused-ring (bicyclic) bond motifs is 5. The minimum atomic E-state index is -0.0380. The van der Waals surface area contributed by atoms with E-state index in [2.05, 4.69) is 26.0 Å². The van der Waals surface area contributed by atoms with Crippen LogP contribution in [0.1, 0.15) is 65.2 Å². The van der Waals surface area contributed by atoms with Crippen molar-refractivity contribution in [1.82, 2.24) is 0 Å². The number of allylic oxidation sites excluding steroid dienone is 2. The summed E-state index contributed by atoms with van der Waals surface area (Å²) in [5.74, 6) is 3.46. The molecular weight excluding hydrogens is 270 g/mol. The van der Waals surface area contributed by atoms with Crippen molar-refractivity contribution < 1.29 is 4.79 Å². The van der Waals surface area contributed by atoms with E-state index in [-0.39, 0.29) is 17.2 Å². The van der Waals surface area contributed by atoms with Crippen LogP contribution in [0.5, 0.6) is 0 Å². The lowest BCUT2D eigenvalue weighted by Gasteiger charge is -2.59. The van der Waals surface area contributed by atoms with Crippen molar-refractivity contribution in [2.45, 2.75) is 65.2 Å². The fourth-order valence-electron chi connectivity index (χ4n) is 7.31. The summed E-state index contributed by atoms with van der Waals surface area (Å²) >= 11 is 0. The van der Waals surface area contributed by atoms with Crippen molar-refractivity contribution in [3.8, 4) is 0 Å². The average molecular weight is 301 g/mol. The number of carbonyl (C=O) groups excluding carboxylic acids is 1. The molecule has 2 heteroatoms. The van der Waals surface area contributed by atoms with E-state index in [0.717, 1.165) is 30.1 Å². The molecule has 0 aromatic carbocycles. The Morgan fingerprint density at radius 2 is 1.77 bits per heavy atom. The summed E-state index contributed by atoms with van der Waals surface area (Å²) in [5, 5.41) is 0. The average Bonchev–Trinajstić information content (AvgIpc) is 2.84. The fraction of sp³-hybridized carbons (Fsp3) is 0.850. The third-order valence-electron chi connectivity index (χ3n) is 8.55. The van der Waals surface area contributed by atoms with Crippen LogP contribution in [0.25, 0.3) is 0 Å². The first-order chi connectivity index (χ1) is 10.5. The zero-order valence-electron chi connectivity index (χ0n) is 14.2. The molecule has 0 radical (unpaired) electrons. The summed E-state index contributed by atoms with van der Waals surface area (Å²) in [4.78, 5) is 11.9. The van der Waals surface area contributed by atoms with Gasteiger partial charge in [-0.05, 0) is 85.9 Å². The molecule has 0 saturated heterocycles. The normalized spacial score (nSPS) is 53.5. The largest absolute Gasteiger partial charge is 0.369 e. The molecule has 0 spiro atoms. The van der Waals surface area contributed by atoms with Crippen molar-refractivity contribution in [1.29, 1.82) is 0 Å². The van der Waals surface area contributed by atoms with Gasteiger partial charge in [0.25, 0.3) is 0 Å². The minimum absolute atomic E-state index is 0.0380. The number of amides is 1. The predicted octanol–water partition coefficient (Wildman–Crippen LogP) is 4.30. The SMILES string of the molecule is C[C@]12CC=CC[C@@H]1CC[C@@H]1[C@@H]2CC[C@]2(C)[C@@H](C(N)=O)CC[C@@H]12. The molecule has 4 rings (SSSR count). The number of nitrogens with two attached hydrogens (primary N) is 1. The highest BCUT2D eigenvalue weighted by atomic mass is 16.1. The number of hydrogen-bond donors (Lipinski definition) is 1. The summed E-state index contributed by atoms with van der Waals surface area (Å²) < 4.78 is 0. The lowest BCUT2D eigenvalue weighted by atomic mass is 9.45. The Morgan fingerprint density at radius 3 is 2.55 bits per heavy atom. The third-order valence-corrected chi connectivity index (χ3v) is 8.55. The van der Waals surface area contributed by atoms with E-state index in [4.69, 9.17) is 5.73 Å². The molecule has 3 fully saturated rings. The number of rotatable bonds is 1. The van der Waals surface area contributed by atoms with Gasteiger partial charge in [-0.1, -0.05) is 26.0 Å². The van der Waals surface area contributed by atoms with E-state index in [1.54, 1.807) is 0 Å². The molecule has 0 unspecified atom stereocenters. The number of hydrogen-bond acceptors (Lipinski definition) is 1. The monoisotopic (exact) mass is 301 g/mol. The molecule has 2 N–H and O–H groups in total. The predicted molar refractivity (Wildman–Crippen MR) is 88.9 cm³/mol. The topological polar surface area (TPSA) is 43.1 Å². The zero-order chi connectivity index (χ0) is 15.5. The molecular formula is C20H31NO. The number of carbonyl (C=O) groups is 1. The van der Waals surface area contributed by atoms with Crippen LogP contribution in [-0.2, 0) is 4.79 Å². The van der Waals surface area contributed by atoms with Crippen LogP contribution in [0.3, 0.4) is 0 Å². The summed E-state index contributed by atoms with van der Waals surface area (Å²) in [6.07, 6.45) is 15.0. The fourth-order valence-corrected chi connectivity index (χ4v) is 7.31. The van der Waals surface area contributed by atoms with Crippen molar-refractivity contribution in [3.05, 3.63) is 12.2 Å². The summed E-state index contributed by atoms with van der Waals surface area (Å²) in [6, 6.07) is 0. The first kappa shape index (κ1) is 14.8. The highest BCUT2D eigenvalue weighted by Gasteiger charge is 2.60. The van der Waals surface area contributed by atoms with Gasteiger partial charge in [-0.25, -0.2) is 0 Å². The minimum Gasteiger partial charge on any atom is -0.369 e. The molecule has 0 aliphatic heterocycles. The van der Waals surface area contributed by atoms with Crippen LogP contribution >= 0.6 is 0 Å². The van der Waals surface area contributed by atoms with Gasteiger partial charge in [-0.2, -0.15) is 0 Å². The molecule has 1 amide bonds. The second-order valence-electron chi connectivity index (χ2n) is 9.14. The van der Waals surface area contributed by atoms with Gasteiger partial charge in [-0.15, -0.1) is 0 Å². The maximum absolute atomic E-state index is 11.9. The van der Waals surface area contributed by atoms with Crippen LogP contribution in [0.4, 0.5) is 0 Å². The summed E-state index contributed by atoms with van der Waals surface area (Å²) in [7, 11) is 0. The second-order valence-corrected chi connectivity index (χ2v) is 9.14. The van der Waals surface area contributed by atoms with E-state index in [1.165, 1.54) is 44.9 Å². The van der Waals surface area contributed by atoms with Crippen LogP contribution in [0, 0.1) is 40.4 Å². The van der Waals surface area contributed by atoms with E-state index in [1.807, 2.05) is 0 Å². The van der Waals surface area contributed by atoms with Gasteiger partial charge in [0, 0.05) is 5.92 Å². The first-order valence-electron chi connectivity index (χ1n) is 9.41. The molecule has 4 aliphatic carbocycles. The smallest absolute Gasteiger partial charge is 0.221 e. The summed E-state index contributed by atoms with van der Waals surface area (Å²) in [6.45, 7) is 4.95. The van der Waals surface area contributed by atoms with Gasteiger partial charge >= 0.3 is 0 Å². The van der Waals surface area contributed by atoms with Gasteiger partial charge in [0.15, 0.2) is 0 Å². The lowest BCUT2D eigenvalue weighted by Crippen LogP contribution is -2.53. The molecule has 122 valence electrons. The summed E-state index contributed by atoms with van der Waals surface area (Å²) in [5.41, 5.74) is 6.45. The van der Waals surface area contributed by atoms with Gasteiger partial charge in [-0.3, -0.25) is 4.79 Å². The molecule has 3 saturated carbocycles. The zero-order valence-corrected chi connectivity index (χ0v) is 14.2. The Kier molecular flexibility index (Phi) is 3.26. The Hall–Kier alpha value is -0.790. The van der Waals surface area contributed by atoms with Crippen LogP contribution in [0.2, 0.25) is 0 Å². The van der Waals surface area contributed by atoms with E-state index in [9.17, 15) is 4.79 Å². The van der Waals surface area contributed by atoms with Gasteiger partial charge < -0.3 is 5.73 Å². The third kappa shape index (κ3) is 1.82. The first-order valence-corrected chi connectivity index (χ1v) is 9.41. The van der Waals surface area contributed by atoms with Gasteiger partial charge in [0.1, 0.15) is 0 Å². The molecule has 7 atom stereocenters. The van der Waals surface area contributed by atoms with Gasteiger partial charge in [0.2, 0.25) is 5.91 Å². The van der Waals surface area contributed by atoms with Crippen molar-refractivity contribution in [2.24, 2.45) is 46.2 Å². The van der Waals surface area contributed by atoms with Crippen LogP contribution in [-0.4, -0.2) is 5.91 Å².